The van der Waals surface area contributed by atoms with E-state index in [-0.39, 0.29) is 6.04 Å². The highest BCUT2D eigenvalue weighted by Gasteiger charge is 2.07. The van der Waals surface area contributed by atoms with Gasteiger partial charge in [-0.3, -0.25) is 0 Å². The first-order valence-corrected chi connectivity index (χ1v) is 6.58. The smallest absolute Gasteiger partial charge is 0.109 e. The molecule has 1 aromatic heterocycles. The first-order chi connectivity index (χ1) is 8.15. The molecular formula is C12H14ClN3S. The van der Waals surface area contributed by atoms with Crippen LogP contribution in [0, 0.1) is 0 Å². The standard InChI is InChI=1S/C12H14ClN3S/c1-8(12-15-2-3-17-12)16-7-9-4-10(13)6-11(14)5-9/h2-6,8,16H,7,14H2,1H3. The maximum atomic E-state index is 5.95. The monoisotopic (exact) mass is 267 g/mol. The Balaban J connectivity index is 1.98. The van der Waals surface area contributed by atoms with Crippen LogP contribution in [0.15, 0.2) is 29.8 Å². The normalized spacial score (nSPS) is 12.6. The molecule has 0 radical (unpaired) electrons. The molecule has 1 unspecified atom stereocenters. The summed E-state index contributed by atoms with van der Waals surface area (Å²) in [5.41, 5.74) is 7.51. The predicted octanol–water partition coefficient (Wildman–Crippen LogP) is 3.23. The van der Waals surface area contributed by atoms with E-state index in [9.17, 15) is 0 Å². The highest BCUT2D eigenvalue weighted by molar-refractivity contribution is 7.09. The lowest BCUT2D eigenvalue weighted by Crippen LogP contribution is -2.17. The molecule has 0 bridgehead atoms. The van der Waals surface area contributed by atoms with Crippen LogP contribution >= 0.6 is 22.9 Å². The van der Waals surface area contributed by atoms with Crippen LogP contribution in [0.4, 0.5) is 5.69 Å². The number of benzene rings is 1. The zero-order valence-electron chi connectivity index (χ0n) is 9.48. The van der Waals surface area contributed by atoms with Gasteiger partial charge in [0, 0.05) is 28.8 Å². The molecule has 90 valence electrons. The van der Waals surface area contributed by atoms with Gasteiger partial charge in [-0.05, 0) is 30.7 Å². The Labute approximate surface area is 110 Å². The van der Waals surface area contributed by atoms with Gasteiger partial charge in [-0.1, -0.05) is 11.6 Å². The van der Waals surface area contributed by atoms with E-state index < -0.39 is 0 Å². The zero-order chi connectivity index (χ0) is 12.3. The fourth-order valence-corrected chi connectivity index (χ4v) is 2.52. The summed E-state index contributed by atoms with van der Waals surface area (Å²) in [5, 5.41) is 7.12. The fraction of sp³-hybridized carbons (Fsp3) is 0.250. The minimum Gasteiger partial charge on any atom is -0.399 e. The van der Waals surface area contributed by atoms with Crippen molar-refractivity contribution in [2.24, 2.45) is 0 Å². The van der Waals surface area contributed by atoms with Crippen LogP contribution in [-0.2, 0) is 6.54 Å². The molecule has 0 aliphatic heterocycles. The lowest BCUT2D eigenvalue weighted by atomic mass is 10.2. The van der Waals surface area contributed by atoms with E-state index in [0.717, 1.165) is 17.1 Å². The molecule has 0 aliphatic carbocycles. The van der Waals surface area contributed by atoms with E-state index in [1.54, 1.807) is 17.4 Å². The molecule has 0 saturated heterocycles. The zero-order valence-corrected chi connectivity index (χ0v) is 11.1. The molecule has 2 aromatic rings. The number of halogens is 1. The molecule has 2 rings (SSSR count). The van der Waals surface area contributed by atoms with Crippen molar-refractivity contribution in [2.45, 2.75) is 19.5 Å². The minimum absolute atomic E-state index is 0.232. The Morgan fingerprint density at radius 3 is 2.94 bits per heavy atom. The van der Waals surface area contributed by atoms with Crippen LogP contribution in [0.3, 0.4) is 0 Å². The van der Waals surface area contributed by atoms with Gasteiger partial charge in [-0.25, -0.2) is 4.98 Å². The maximum Gasteiger partial charge on any atom is 0.109 e. The van der Waals surface area contributed by atoms with Crippen molar-refractivity contribution in [3.63, 3.8) is 0 Å². The number of thiazole rings is 1. The number of nitrogens with two attached hydrogens (primary N) is 1. The van der Waals surface area contributed by atoms with Crippen LogP contribution < -0.4 is 11.1 Å². The Morgan fingerprint density at radius 1 is 1.47 bits per heavy atom. The number of nitrogens with zero attached hydrogens (tertiary/aromatic N) is 1. The molecule has 0 fully saturated rings. The number of nitrogen functional groups attached to an aromatic ring is 1. The average molecular weight is 268 g/mol. The summed E-state index contributed by atoms with van der Waals surface area (Å²) in [4.78, 5) is 4.27. The van der Waals surface area contributed by atoms with Crippen LogP contribution in [0.1, 0.15) is 23.5 Å². The third-order valence-electron chi connectivity index (χ3n) is 2.41. The Bertz CT molecular complexity index is 464. The summed E-state index contributed by atoms with van der Waals surface area (Å²) >= 11 is 7.60. The number of nitrogens with one attached hydrogen (secondary N) is 1. The molecule has 0 spiro atoms. The largest absolute Gasteiger partial charge is 0.399 e. The van der Waals surface area contributed by atoms with Crippen molar-refractivity contribution in [1.29, 1.82) is 0 Å². The Hall–Kier alpha value is -1.10. The van der Waals surface area contributed by atoms with E-state index in [4.69, 9.17) is 17.3 Å². The topological polar surface area (TPSA) is 50.9 Å². The number of rotatable bonds is 4. The highest BCUT2D eigenvalue weighted by Crippen LogP contribution is 2.19. The molecule has 3 nitrogen and oxygen atoms in total. The van der Waals surface area contributed by atoms with Gasteiger partial charge in [0.25, 0.3) is 0 Å². The van der Waals surface area contributed by atoms with Gasteiger partial charge in [0.1, 0.15) is 5.01 Å². The van der Waals surface area contributed by atoms with Crippen molar-refractivity contribution < 1.29 is 0 Å². The Morgan fingerprint density at radius 2 is 2.29 bits per heavy atom. The van der Waals surface area contributed by atoms with Gasteiger partial charge >= 0.3 is 0 Å². The molecule has 3 N–H and O–H groups in total. The SMILES string of the molecule is CC(NCc1cc(N)cc(Cl)c1)c1nccs1. The molecular weight excluding hydrogens is 254 g/mol. The van der Waals surface area contributed by atoms with Gasteiger partial charge in [0.2, 0.25) is 0 Å². The molecule has 1 atom stereocenters. The van der Waals surface area contributed by atoms with Crippen LogP contribution in [0.5, 0.6) is 0 Å². The average Bonchev–Trinajstić information content (AvgIpc) is 2.78. The molecule has 5 heteroatoms. The molecule has 0 aliphatic rings. The quantitative estimate of drug-likeness (QED) is 0.837. The molecule has 1 heterocycles. The lowest BCUT2D eigenvalue weighted by Gasteiger charge is -2.11. The molecule has 0 amide bonds. The summed E-state index contributed by atoms with van der Waals surface area (Å²) in [6, 6.07) is 5.82. The minimum atomic E-state index is 0.232. The van der Waals surface area contributed by atoms with E-state index in [1.165, 1.54) is 0 Å². The second-order valence-electron chi connectivity index (χ2n) is 3.87. The molecule has 1 aromatic carbocycles. The van der Waals surface area contributed by atoms with E-state index in [0.29, 0.717) is 10.7 Å². The summed E-state index contributed by atoms with van der Waals surface area (Å²) in [6.45, 7) is 2.82. The van der Waals surface area contributed by atoms with E-state index >= 15 is 0 Å². The van der Waals surface area contributed by atoms with Gasteiger partial charge < -0.3 is 11.1 Å². The first-order valence-electron chi connectivity index (χ1n) is 5.33. The van der Waals surface area contributed by atoms with Crippen molar-refractivity contribution in [3.05, 3.63) is 45.4 Å². The predicted molar refractivity (Wildman–Crippen MR) is 73.2 cm³/mol. The first kappa shape index (κ1) is 12.4. The van der Waals surface area contributed by atoms with Crippen LogP contribution in [0.25, 0.3) is 0 Å². The van der Waals surface area contributed by atoms with Crippen molar-refractivity contribution in [3.8, 4) is 0 Å². The maximum absolute atomic E-state index is 5.95. The van der Waals surface area contributed by atoms with Gasteiger partial charge in [0.05, 0.1) is 6.04 Å². The van der Waals surface area contributed by atoms with Crippen LogP contribution in [0.2, 0.25) is 5.02 Å². The second-order valence-corrected chi connectivity index (χ2v) is 5.23. The van der Waals surface area contributed by atoms with Gasteiger partial charge in [0.15, 0.2) is 0 Å². The number of aromatic nitrogens is 1. The van der Waals surface area contributed by atoms with Crippen LogP contribution in [-0.4, -0.2) is 4.98 Å². The summed E-state index contributed by atoms with van der Waals surface area (Å²) in [5.74, 6) is 0. The summed E-state index contributed by atoms with van der Waals surface area (Å²) < 4.78 is 0. The number of hydrogen-bond acceptors (Lipinski definition) is 4. The molecule has 17 heavy (non-hydrogen) atoms. The lowest BCUT2D eigenvalue weighted by molar-refractivity contribution is 0.572. The third-order valence-corrected chi connectivity index (χ3v) is 3.59. The third kappa shape index (κ3) is 3.43. The van der Waals surface area contributed by atoms with E-state index in [2.05, 4.69) is 17.2 Å². The van der Waals surface area contributed by atoms with Crippen molar-refractivity contribution >= 4 is 28.6 Å². The number of hydrogen-bond donors (Lipinski definition) is 2. The molecule has 0 saturated carbocycles. The number of anilines is 1. The summed E-state index contributed by atoms with van der Waals surface area (Å²) in [6.07, 6.45) is 1.82. The van der Waals surface area contributed by atoms with Gasteiger partial charge in [-0.15, -0.1) is 11.3 Å². The highest BCUT2D eigenvalue weighted by atomic mass is 35.5. The fourth-order valence-electron chi connectivity index (χ4n) is 1.58. The Kier molecular flexibility index (Phi) is 3.99. The van der Waals surface area contributed by atoms with Crippen molar-refractivity contribution in [2.75, 3.05) is 5.73 Å². The van der Waals surface area contributed by atoms with Gasteiger partial charge in [-0.2, -0.15) is 0 Å². The summed E-state index contributed by atoms with van der Waals surface area (Å²) in [7, 11) is 0. The second kappa shape index (κ2) is 5.49. The van der Waals surface area contributed by atoms with Crippen molar-refractivity contribution in [1.82, 2.24) is 10.3 Å². The van der Waals surface area contributed by atoms with E-state index in [1.807, 2.05) is 23.7 Å².